The van der Waals surface area contributed by atoms with Gasteiger partial charge in [-0.2, -0.15) is 13.2 Å². The standard InChI is InChI=1S/C27H27F3N2O4S/c1-33-20-7-9-21(10-8-20)36-16-23-22-15-25(35-3)24(34-2)13-17(22)11-12-32(23)26(37)31-19-6-4-5-18(14-19)27(28,29)30/h4-10,13-15,23H,11-12,16H2,1-3H3,(H,31,37)/t23-/m1/s1. The summed E-state index contributed by atoms with van der Waals surface area (Å²) >= 11 is 5.68. The number of nitrogens with one attached hydrogen (secondary N) is 1. The molecule has 3 aromatic carbocycles. The normalized spacial score (nSPS) is 15.0. The summed E-state index contributed by atoms with van der Waals surface area (Å²) in [4.78, 5) is 1.92. The zero-order valence-electron chi connectivity index (χ0n) is 20.6. The number of methoxy groups -OCH3 is 3. The topological polar surface area (TPSA) is 52.2 Å². The number of alkyl halides is 3. The summed E-state index contributed by atoms with van der Waals surface area (Å²) in [6, 6.07) is 15.7. The largest absolute Gasteiger partial charge is 0.497 e. The maximum Gasteiger partial charge on any atom is 0.416 e. The van der Waals surface area contributed by atoms with Gasteiger partial charge in [0, 0.05) is 12.2 Å². The molecule has 0 aromatic heterocycles. The minimum Gasteiger partial charge on any atom is -0.497 e. The molecule has 0 saturated heterocycles. The summed E-state index contributed by atoms with van der Waals surface area (Å²) < 4.78 is 62.0. The van der Waals surface area contributed by atoms with Gasteiger partial charge in [-0.05, 0) is 84.4 Å². The average Bonchev–Trinajstić information content (AvgIpc) is 2.90. The molecule has 1 aliphatic heterocycles. The summed E-state index contributed by atoms with van der Waals surface area (Å²) in [5.74, 6) is 2.54. The van der Waals surface area contributed by atoms with Crippen LogP contribution < -0.4 is 24.3 Å². The number of ether oxygens (including phenoxy) is 4. The van der Waals surface area contributed by atoms with Crippen LogP contribution in [0.4, 0.5) is 18.9 Å². The van der Waals surface area contributed by atoms with Crippen LogP contribution in [0.1, 0.15) is 22.7 Å². The first-order valence-corrected chi connectivity index (χ1v) is 11.9. The van der Waals surface area contributed by atoms with E-state index in [4.69, 9.17) is 31.2 Å². The highest BCUT2D eigenvalue weighted by Gasteiger charge is 2.33. The molecule has 1 aliphatic rings. The van der Waals surface area contributed by atoms with Crippen LogP contribution in [0.25, 0.3) is 0 Å². The molecule has 0 unspecified atom stereocenters. The maximum atomic E-state index is 13.2. The minimum absolute atomic E-state index is 0.235. The van der Waals surface area contributed by atoms with Crippen molar-refractivity contribution >= 4 is 23.0 Å². The molecule has 1 atom stereocenters. The van der Waals surface area contributed by atoms with Crippen LogP contribution >= 0.6 is 12.2 Å². The van der Waals surface area contributed by atoms with Gasteiger partial charge in [0.25, 0.3) is 0 Å². The van der Waals surface area contributed by atoms with E-state index in [0.29, 0.717) is 41.1 Å². The second-order valence-electron chi connectivity index (χ2n) is 8.36. The molecule has 0 amide bonds. The maximum absolute atomic E-state index is 13.2. The lowest BCUT2D eigenvalue weighted by atomic mass is 9.92. The first-order valence-electron chi connectivity index (χ1n) is 11.5. The summed E-state index contributed by atoms with van der Waals surface area (Å²) in [7, 11) is 4.73. The summed E-state index contributed by atoms with van der Waals surface area (Å²) in [5, 5.41) is 3.27. The second kappa shape index (κ2) is 11.2. The molecule has 10 heteroatoms. The Bertz CT molecular complexity index is 1250. The van der Waals surface area contributed by atoms with Gasteiger partial charge in [-0.25, -0.2) is 0 Å². The number of hydrogen-bond acceptors (Lipinski definition) is 5. The molecule has 1 N–H and O–H groups in total. The van der Waals surface area contributed by atoms with Crippen molar-refractivity contribution < 1.29 is 32.1 Å². The van der Waals surface area contributed by atoms with E-state index in [-0.39, 0.29) is 18.3 Å². The number of hydrogen-bond donors (Lipinski definition) is 1. The van der Waals surface area contributed by atoms with Gasteiger partial charge in [0.2, 0.25) is 0 Å². The lowest BCUT2D eigenvalue weighted by Crippen LogP contribution is -2.44. The van der Waals surface area contributed by atoms with Gasteiger partial charge in [-0.15, -0.1) is 0 Å². The summed E-state index contributed by atoms with van der Waals surface area (Å²) in [5.41, 5.74) is 1.50. The average molecular weight is 533 g/mol. The Morgan fingerprint density at radius 2 is 1.62 bits per heavy atom. The van der Waals surface area contributed by atoms with E-state index < -0.39 is 11.7 Å². The Balaban J connectivity index is 1.63. The molecule has 3 aromatic rings. The van der Waals surface area contributed by atoms with E-state index in [1.54, 1.807) is 51.7 Å². The second-order valence-corrected chi connectivity index (χ2v) is 8.75. The zero-order valence-corrected chi connectivity index (χ0v) is 21.4. The van der Waals surface area contributed by atoms with E-state index in [1.807, 2.05) is 17.0 Å². The van der Waals surface area contributed by atoms with Crippen molar-refractivity contribution in [2.45, 2.75) is 18.6 Å². The Labute approximate surface area is 218 Å². The minimum atomic E-state index is -4.45. The molecule has 6 nitrogen and oxygen atoms in total. The van der Waals surface area contributed by atoms with Crippen molar-refractivity contribution in [3.63, 3.8) is 0 Å². The molecule has 0 bridgehead atoms. The highest BCUT2D eigenvalue weighted by molar-refractivity contribution is 7.80. The Morgan fingerprint density at radius 3 is 2.27 bits per heavy atom. The molecule has 0 aliphatic carbocycles. The molecule has 0 fully saturated rings. The third-order valence-electron chi connectivity index (χ3n) is 6.17. The Kier molecular flexibility index (Phi) is 7.97. The van der Waals surface area contributed by atoms with Crippen LogP contribution in [0.2, 0.25) is 0 Å². The fraction of sp³-hybridized carbons (Fsp3) is 0.296. The number of benzene rings is 3. The van der Waals surface area contributed by atoms with Crippen molar-refractivity contribution in [1.82, 2.24) is 4.90 Å². The predicted octanol–water partition coefficient (Wildman–Crippen LogP) is 6.11. The molecule has 0 saturated carbocycles. The third-order valence-corrected chi connectivity index (χ3v) is 6.51. The molecule has 0 spiro atoms. The Hall–Kier alpha value is -3.66. The van der Waals surface area contributed by atoms with Gasteiger partial charge in [0.15, 0.2) is 16.6 Å². The van der Waals surface area contributed by atoms with Crippen molar-refractivity contribution in [1.29, 1.82) is 0 Å². The first-order chi connectivity index (χ1) is 17.7. The van der Waals surface area contributed by atoms with Crippen molar-refractivity contribution in [3.8, 4) is 23.0 Å². The van der Waals surface area contributed by atoms with E-state index in [1.165, 1.54) is 6.07 Å². The number of halogens is 3. The number of thiocarbonyl (C=S) groups is 1. The number of rotatable bonds is 7. The van der Waals surface area contributed by atoms with E-state index in [9.17, 15) is 13.2 Å². The number of nitrogens with zero attached hydrogens (tertiary/aromatic N) is 1. The van der Waals surface area contributed by atoms with Gasteiger partial charge in [0.05, 0.1) is 32.9 Å². The van der Waals surface area contributed by atoms with Crippen molar-refractivity contribution in [3.05, 3.63) is 77.4 Å². The van der Waals surface area contributed by atoms with E-state index >= 15 is 0 Å². The SMILES string of the molecule is COc1ccc(OC[C@@H]2c3cc(OC)c(OC)cc3CCN2C(=S)Nc2cccc(C(F)(F)F)c2)cc1. The monoisotopic (exact) mass is 532 g/mol. The lowest BCUT2D eigenvalue weighted by molar-refractivity contribution is -0.137. The van der Waals surface area contributed by atoms with Gasteiger partial charge in [0.1, 0.15) is 18.1 Å². The molecule has 37 heavy (non-hydrogen) atoms. The number of anilines is 1. The van der Waals surface area contributed by atoms with Crippen LogP contribution in [0.3, 0.4) is 0 Å². The fourth-order valence-corrected chi connectivity index (χ4v) is 4.60. The quantitative estimate of drug-likeness (QED) is 0.369. The van der Waals surface area contributed by atoms with Crippen molar-refractivity contribution in [2.24, 2.45) is 0 Å². The molecular formula is C27H27F3N2O4S. The summed E-state index contributed by atoms with van der Waals surface area (Å²) in [6.07, 6.45) is -3.80. The predicted molar refractivity (Wildman–Crippen MR) is 139 cm³/mol. The number of fused-ring (bicyclic) bond motifs is 1. The van der Waals surface area contributed by atoms with Gasteiger partial charge in [-0.3, -0.25) is 0 Å². The summed E-state index contributed by atoms with van der Waals surface area (Å²) in [6.45, 7) is 0.767. The highest BCUT2D eigenvalue weighted by Crippen LogP contribution is 2.39. The smallest absolute Gasteiger partial charge is 0.416 e. The lowest BCUT2D eigenvalue weighted by Gasteiger charge is -2.39. The highest BCUT2D eigenvalue weighted by atomic mass is 32.1. The van der Waals surface area contributed by atoms with Crippen LogP contribution in [-0.4, -0.2) is 44.5 Å². The molecule has 4 rings (SSSR count). The van der Waals surface area contributed by atoms with E-state index in [2.05, 4.69) is 5.32 Å². The first kappa shape index (κ1) is 26.4. The Morgan fingerprint density at radius 1 is 0.946 bits per heavy atom. The van der Waals surface area contributed by atoms with Crippen LogP contribution in [-0.2, 0) is 12.6 Å². The molecule has 1 heterocycles. The van der Waals surface area contributed by atoms with Crippen LogP contribution in [0, 0.1) is 0 Å². The third kappa shape index (κ3) is 6.02. The van der Waals surface area contributed by atoms with Gasteiger partial charge in [-0.1, -0.05) is 6.07 Å². The fourth-order valence-electron chi connectivity index (χ4n) is 4.27. The van der Waals surface area contributed by atoms with Crippen molar-refractivity contribution in [2.75, 3.05) is 39.8 Å². The zero-order chi connectivity index (χ0) is 26.6. The van der Waals surface area contributed by atoms with Crippen LogP contribution in [0.15, 0.2) is 60.7 Å². The molecule has 196 valence electrons. The van der Waals surface area contributed by atoms with Gasteiger partial charge >= 0.3 is 6.18 Å². The molecular weight excluding hydrogens is 505 g/mol. The van der Waals surface area contributed by atoms with Gasteiger partial charge < -0.3 is 29.2 Å². The van der Waals surface area contributed by atoms with E-state index in [0.717, 1.165) is 23.3 Å². The molecule has 0 radical (unpaired) electrons. The van der Waals surface area contributed by atoms with Crippen LogP contribution in [0.5, 0.6) is 23.0 Å².